The van der Waals surface area contributed by atoms with E-state index in [9.17, 15) is 13.2 Å². The molecule has 2 amide bonds. The van der Waals surface area contributed by atoms with Gasteiger partial charge in [-0.1, -0.05) is 48.6 Å². The first-order valence-electron chi connectivity index (χ1n) is 6.54. The van der Waals surface area contributed by atoms with E-state index in [1.165, 1.54) is 12.1 Å². The lowest BCUT2D eigenvalue weighted by Gasteiger charge is -2.10. The van der Waals surface area contributed by atoms with Gasteiger partial charge in [0, 0.05) is 5.69 Å². The first-order chi connectivity index (χ1) is 10.4. The molecule has 0 radical (unpaired) electrons. The number of benzene rings is 2. The van der Waals surface area contributed by atoms with Crippen molar-refractivity contribution < 1.29 is 13.2 Å². The normalized spacial score (nSPS) is 10.8. The van der Waals surface area contributed by atoms with Gasteiger partial charge in [0.2, 0.25) is 0 Å². The molecule has 0 aliphatic rings. The Morgan fingerprint density at radius 1 is 1.09 bits per heavy atom. The molecule has 0 spiro atoms. The van der Waals surface area contributed by atoms with E-state index in [1.54, 1.807) is 42.5 Å². The van der Waals surface area contributed by atoms with Gasteiger partial charge >= 0.3 is 6.03 Å². The number of para-hydroxylation sites is 1. The Morgan fingerprint density at radius 3 is 2.36 bits per heavy atom. The Hall–Kier alpha value is -2.60. The van der Waals surface area contributed by atoms with Crippen LogP contribution in [-0.2, 0) is 10.0 Å². The predicted octanol–water partition coefficient (Wildman–Crippen LogP) is 3.15. The summed E-state index contributed by atoms with van der Waals surface area (Å²) in [4.78, 5) is 11.9. The predicted molar refractivity (Wildman–Crippen MR) is 87.1 cm³/mol. The molecule has 2 N–H and O–H groups in total. The van der Waals surface area contributed by atoms with E-state index in [1.807, 2.05) is 11.6 Å². The number of carbonyl (C=O) groups is 1. The van der Waals surface area contributed by atoms with Crippen LogP contribution in [0.3, 0.4) is 0 Å². The van der Waals surface area contributed by atoms with Gasteiger partial charge in [0.15, 0.2) is 0 Å². The molecule has 0 unspecified atom stereocenters. The maximum atomic E-state index is 12.1. The summed E-state index contributed by atoms with van der Waals surface area (Å²) in [6, 6.07) is 12.4. The molecule has 22 heavy (non-hydrogen) atoms. The van der Waals surface area contributed by atoms with Crippen molar-refractivity contribution in [2.24, 2.45) is 0 Å². The molecule has 0 bridgehead atoms. The number of amides is 2. The minimum absolute atomic E-state index is 0.0326. The zero-order valence-electron chi connectivity index (χ0n) is 12.0. The third kappa shape index (κ3) is 3.73. The number of nitrogens with one attached hydrogen (secondary N) is 2. The number of hydrogen-bond acceptors (Lipinski definition) is 3. The van der Waals surface area contributed by atoms with Crippen LogP contribution in [0.25, 0.3) is 6.08 Å². The number of rotatable bonds is 4. The first kappa shape index (κ1) is 15.8. The molecule has 5 nitrogen and oxygen atoms in total. The Labute approximate surface area is 129 Å². The average Bonchev–Trinajstić information content (AvgIpc) is 2.47. The van der Waals surface area contributed by atoms with Crippen LogP contribution in [0.15, 0.2) is 60.0 Å². The molecule has 2 rings (SSSR count). The highest BCUT2D eigenvalue weighted by molar-refractivity contribution is 7.90. The highest BCUT2D eigenvalue weighted by Gasteiger charge is 2.17. The standard InChI is InChI=1S/C16H16N2O3S/c1-3-13-6-4-5-7-15(13)17-16(19)18-22(20,21)14-10-8-12(2)9-11-14/h3-11H,1H2,2H3,(H2,17,18,19). The molecule has 0 aliphatic heterocycles. The second-order valence-corrected chi connectivity index (χ2v) is 6.35. The van der Waals surface area contributed by atoms with Crippen molar-refractivity contribution in [3.8, 4) is 0 Å². The lowest BCUT2D eigenvalue weighted by atomic mass is 10.2. The monoisotopic (exact) mass is 316 g/mol. The van der Waals surface area contributed by atoms with E-state index >= 15 is 0 Å². The van der Waals surface area contributed by atoms with Gasteiger partial charge in [-0.2, -0.15) is 0 Å². The van der Waals surface area contributed by atoms with Crippen LogP contribution in [0.4, 0.5) is 10.5 Å². The summed E-state index contributed by atoms with van der Waals surface area (Å²) in [6.07, 6.45) is 1.57. The summed E-state index contributed by atoms with van der Waals surface area (Å²) in [5, 5.41) is 2.50. The molecule has 6 heteroatoms. The Morgan fingerprint density at radius 2 is 1.73 bits per heavy atom. The summed E-state index contributed by atoms with van der Waals surface area (Å²) >= 11 is 0. The highest BCUT2D eigenvalue weighted by Crippen LogP contribution is 2.16. The van der Waals surface area contributed by atoms with Crippen LogP contribution in [0.5, 0.6) is 0 Å². The van der Waals surface area contributed by atoms with Gasteiger partial charge < -0.3 is 5.32 Å². The Bertz CT molecular complexity index is 796. The van der Waals surface area contributed by atoms with E-state index in [0.717, 1.165) is 5.56 Å². The fourth-order valence-electron chi connectivity index (χ4n) is 1.84. The Balaban J connectivity index is 2.14. The van der Waals surface area contributed by atoms with E-state index in [-0.39, 0.29) is 4.90 Å². The molecule has 0 saturated carbocycles. The second-order valence-electron chi connectivity index (χ2n) is 4.66. The quantitative estimate of drug-likeness (QED) is 0.910. The minimum Gasteiger partial charge on any atom is -0.307 e. The number of aryl methyl sites for hydroxylation is 1. The van der Waals surface area contributed by atoms with Gasteiger partial charge in [-0.25, -0.2) is 17.9 Å². The number of urea groups is 1. The van der Waals surface area contributed by atoms with Crippen molar-refractivity contribution in [2.45, 2.75) is 11.8 Å². The van der Waals surface area contributed by atoms with Gasteiger partial charge in [0.25, 0.3) is 10.0 Å². The summed E-state index contributed by atoms with van der Waals surface area (Å²) < 4.78 is 26.2. The van der Waals surface area contributed by atoms with Crippen molar-refractivity contribution in [1.82, 2.24) is 4.72 Å². The first-order valence-corrected chi connectivity index (χ1v) is 8.02. The largest absolute Gasteiger partial charge is 0.333 e. The van der Waals surface area contributed by atoms with Gasteiger partial charge in [-0.05, 0) is 30.7 Å². The molecule has 0 aliphatic carbocycles. The van der Waals surface area contributed by atoms with E-state index in [4.69, 9.17) is 0 Å². The van der Waals surface area contributed by atoms with Gasteiger partial charge in [-0.15, -0.1) is 0 Å². The van der Waals surface area contributed by atoms with E-state index in [2.05, 4.69) is 11.9 Å². The Kier molecular flexibility index (Phi) is 4.62. The minimum atomic E-state index is -3.90. The van der Waals surface area contributed by atoms with Crippen molar-refractivity contribution in [3.05, 3.63) is 66.2 Å². The van der Waals surface area contributed by atoms with Crippen LogP contribution in [0.2, 0.25) is 0 Å². The SMILES string of the molecule is C=Cc1ccccc1NC(=O)NS(=O)(=O)c1ccc(C)cc1. The van der Waals surface area contributed by atoms with Crippen molar-refractivity contribution >= 4 is 27.8 Å². The summed E-state index contributed by atoms with van der Waals surface area (Å²) in [7, 11) is -3.90. The van der Waals surface area contributed by atoms with Crippen molar-refractivity contribution in [2.75, 3.05) is 5.32 Å². The molecule has 0 aromatic heterocycles. The lowest BCUT2D eigenvalue weighted by Crippen LogP contribution is -2.34. The van der Waals surface area contributed by atoms with Crippen LogP contribution in [0.1, 0.15) is 11.1 Å². The van der Waals surface area contributed by atoms with E-state index in [0.29, 0.717) is 11.3 Å². The number of hydrogen-bond donors (Lipinski definition) is 2. The summed E-state index contributed by atoms with van der Waals surface area (Å²) in [5.74, 6) is 0. The van der Waals surface area contributed by atoms with Gasteiger partial charge in [-0.3, -0.25) is 0 Å². The lowest BCUT2D eigenvalue weighted by molar-refractivity contribution is 0.256. The third-order valence-electron chi connectivity index (χ3n) is 2.99. The van der Waals surface area contributed by atoms with Crippen LogP contribution in [-0.4, -0.2) is 14.4 Å². The molecule has 0 fully saturated rings. The number of carbonyl (C=O) groups excluding carboxylic acids is 1. The van der Waals surface area contributed by atoms with Crippen molar-refractivity contribution in [1.29, 1.82) is 0 Å². The summed E-state index contributed by atoms with van der Waals surface area (Å²) in [5.41, 5.74) is 2.11. The number of anilines is 1. The van der Waals surface area contributed by atoms with Gasteiger partial charge in [0.1, 0.15) is 0 Å². The molecule has 2 aromatic carbocycles. The third-order valence-corrected chi connectivity index (χ3v) is 4.33. The molecule has 0 atom stereocenters. The molecule has 114 valence electrons. The number of sulfonamides is 1. The van der Waals surface area contributed by atoms with Crippen molar-refractivity contribution in [3.63, 3.8) is 0 Å². The zero-order chi connectivity index (χ0) is 16.2. The fraction of sp³-hybridized carbons (Fsp3) is 0.0625. The maximum Gasteiger partial charge on any atom is 0.333 e. The van der Waals surface area contributed by atoms with Crippen LogP contribution < -0.4 is 10.0 Å². The molecule has 0 heterocycles. The summed E-state index contributed by atoms with van der Waals surface area (Å²) in [6.45, 7) is 5.49. The molecular formula is C16H16N2O3S. The zero-order valence-corrected chi connectivity index (χ0v) is 12.9. The topological polar surface area (TPSA) is 75.3 Å². The van der Waals surface area contributed by atoms with Crippen LogP contribution in [0, 0.1) is 6.92 Å². The molecular weight excluding hydrogens is 300 g/mol. The average molecular weight is 316 g/mol. The molecule has 0 saturated heterocycles. The maximum absolute atomic E-state index is 12.1. The van der Waals surface area contributed by atoms with E-state index < -0.39 is 16.1 Å². The van der Waals surface area contributed by atoms with Gasteiger partial charge in [0.05, 0.1) is 4.90 Å². The smallest absolute Gasteiger partial charge is 0.307 e. The van der Waals surface area contributed by atoms with Crippen LogP contribution >= 0.6 is 0 Å². The highest BCUT2D eigenvalue weighted by atomic mass is 32.2. The molecule has 2 aromatic rings. The second kappa shape index (κ2) is 6.44. The fourth-order valence-corrected chi connectivity index (χ4v) is 2.74.